The van der Waals surface area contributed by atoms with Gasteiger partial charge in [-0.2, -0.15) is 0 Å². The molecule has 0 radical (unpaired) electrons. The monoisotopic (exact) mass is 299 g/mol. The first kappa shape index (κ1) is 15.4. The summed E-state index contributed by atoms with van der Waals surface area (Å²) in [5.74, 6) is -0.445. The van der Waals surface area contributed by atoms with E-state index in [0.717, 1.165) is 25.1 Å². The lowest BCUT2D eigenvalue weighted by molar-refractivity contribution is -0.135. The number of ketones is 1. The third-order valence-electron chi connectivity index (χ3n) is 3.41. The Morgan fingerprint density at radius 3 is 3.05 bits per heavy atom. The minimum atomic E-state index is -0.467. The number of benzene rings is 1. The highest BCUT2D eigenvalue weighted by molar-refractivity contribution is 6.30. The van der Waals surface area contributed by atoms with Gasteiger partial charge in [-0.15, -0.1) is 0 Å². The van der Waals surface area contributed by atoms with Gasteiger partial charge in [-0.25, -0.2) is 4.39 Å². The van der Waals surface area contributed by atoms with Crippen LogP contribution in [0.25, 0.3) is 0 Å². The molecule has 0 N–H and O–H groups in total. The summed E-state index contributed by atoms with van der Waals surface area (Å²) in [5, 5.41) is 0.0486. The summed E-state index contributed by atoms with van der Waals surface area (Å²) >= 11 is 5.72. The summed E-state index contributed by atoms with van der Waals surface area (Å²) in [6.45, 7) is 5.20. The van der Waals surface area contributed by atoms with Crippen LogP contribution in [0.1, 0.15) is 18.9 Å². The number of carbonyl (C=O) groups is 1. The first-order valence-corrected chi connectivity index (χ1v) is 7.28. The SMILES string of the molecule is CCCN1CCOC(C(=O)Cc2ccc(F)c(Cl)c2)C1. The zero-order valence-corrected chi connectivity index (χ0v) is 12.3. The van der Waals surface area contributed by atoms with E-state index < -0.39 is 5.82 Å². The van der Waals surface area contributed by atoms with Crippen molar-refractivity contribution in [2.24, 2.45) is 0 Å². The van der Waals surface area contributed by atoms with E-state index in [1.54, 1.807) is 6.07 Å². The van der Waals surface area contributed by atoms with Crippen LogP contribution in [0.4, 0.5) is 4.39 Å². The number of rotatable bonds is 5. The van der Waals surface area contributed by atoms with Crippen LogP contribution < -0.4 is 0 Å². The standard InChI is InChI=1S/C15H19ClFNO2/c1-2-5-18-6-7-20-15(10-18)14(19)9-11-3-4-13(17)12(16)8-11/h3-4,8,15H,2,5-7,9-10H2,1H3. The van der Waals surface area contributed by atoms with E-state index in [4.69, 9.17) is 16.3 Å². The van der Waals surface area contributed by atoms with E-state index in [0.29, 0.717) is 13.2 Å². The van der Waals surface area contributed by atoms with Gasteiger partial charge in [0.2, 0.25) is 0 Å². The Balaban J connectivity index is 1.95. The normalized spacial score (nSPS) is 20.1. The molecule has 0 saturated carbocycles. The van der Waals surface area contributed by atoms with Crippen LogP contribution >= 0.6 is 11.6 Å². The van der Waals surface area contributed by atoms with E-state index in [1.807, 2.05) is 0 Å². The highest BCUT2D eigenvalue weighted by atomic mass is 35.5. The fourth-order valence-electron chi connectivity index (χ4n) is 2.38. The molecule has 0 spiro atoms. The van der Waals surface area contributed by atoms with Crippen LogP contribution in [-0.4, -0.2) is 43.0 Å². The molecule has 1 fully saturated rings. The Morgan fingerprint density at radius 1 is 1.55 bits per heavy atom. The molecule has 20 heavy (non-hydrogen) atoms. The maximum Gasteiger partial charge on any atom is 0.167 e. The number of halogens is 2. The second-order valence-corrected chi connectivity index (χ2v) is 5.46. The van der Waals surface area contributed by atoms with Crippen LogP contribution in [0.5, 0.6) is 0 Å². The number of nitrogens with zero attached hydrogens (tertiary/aromatic N) is 1. The number of morpholine rings is 1. The highest BCUT2D eigenvalue weighted by Crippen LogP contribution is 2.17. The van der Waals surface area contributed by atoms with E-state index in [-0.39, 0.29) is 23.3 Å². The average molecular weight is 300 g/mol. The highest BCUT2D eigenvalue weighted by Gasteiger charge is 2.26. The van der Waals surface area contributed by atoms with E-state index in [2.05, 4.69) is 11.8 Å². The molecule has 1 aromatic carbocycles. The number of hydrogen-bond acceptors (Lipinski definition) is 3. The second kappa shape index (κ2) is 7.16. The van der Waals surface area contributed by atoms with Crippen molar-refractivity contribution in [1.82, 2.24) is 4.90 Å². The van der Waals surface area contributed by atoms with E-state index in [1.165, 1.54) is 12.1 Å². The number of Topliss-reactive ketones (excluding diaryl/α,β-unsaturated/α-hetero) is 1. The Hall–Kier alpha value is -0.970. The molecule has 0 amide bonds. The topological polar surface area (TPSA) is 29.5 Å². The lowest BCUT2D eigenvalue weighted by atomic mass is 10.0. The largest absolute Gasteiger partial charge is 0.368 e. The number of carbonyl (C=O) groups excluding carboxylic acids is 1. The summed E-state index contributed by atoms with van der Waals surface area (Å²) in [6, 6.07) is 4.38. The van der Waals surface area contributed by atoms with Crippen molar-refractivity contribution in [3.63, 3.8) is 0 Å². The predicted molar refractivity (Wildman–Crippen MR) is 76.6 cm³/mol. The van der Waals surface area contributed by atoms with Crippen molar-refractivity contribution in [1.29, 1.82) is 0 Å². The van der Waals surface area contributed by atoms with Crippen LogP contribution in [0.15, 0.2) is 18.2 Å². The predicted octanol–water partition coefficient (Wildman–Crippen LogP) is 2.70. The molecule has 5 heteroatoms. The Kier molecular flexibility index (Phi) is 5.52. The molecule has 1 heterocycles. The lowest BCUT2D eigenvalue weighted by Crippen LogP contribution is -2.46. The zero-order chi connectivity index (χ0) is 14.5. The summed E-state index contributed by atoms with van der Waals surface area (Å²) in [4.78, 5) is 14.5. The maximum absolute atomic E-state index is 13.1. The van der Waals surface area contributed by atoms with E-state index >= 15 is 0 Å². The van der Waals surface area contributed by atoms with Gasteiger partial charge in [-0.1, -0.05) is 24.6 Å². The molecular formula is C15H19ClFNO2. The van der Waals surface area contributed by atoms with Gasteiger partial charge < -0.3 is 4.74 Å². The smallest absolute Gasteiger partial charge is 0.167 e. The van der Waals surface area contributed by atoms with Gasteiger partial charge in [0.05, 0.1) is 11.6 Å². The lowest BCUT2D eigenvalue weighted by Gasteiger charge is -2.31. The average Bonchev–Trinajstić information content (AvgIpc) is 2.43. The molecule has 1 aliphatic heterocycles. The fraction of sp³-hybridized carbons (Fsp3) is 0.533. The van der Waals surface area contributed by atoms with Crippen molar-refractivity contribution in [3.05, 3.63) is 34.6 Å². The third-order valence-corrected chi connectivity index (χ3v) is 3.70. The molecule has 0 aliphatic carbocycles. The second-order valence-electron chi connectivity index (χ2n) is 5.05. The molecule has 0 aromatic heterocycles. The fourth-order valence-corrected chi connectivity index (χ4v) is 2.58. The zero-order valence-electron chi connectivity index (χ0n) is 11.6. The minimum absolute atomic E-state index is 0.0217. The first-order chi connectivity index (χ1) is 9.60. The van der Waals surface area contributed by atoms with Crippen molar-refractivity contribution in [2.45, 2.75) is 25.9 Å². The Bertz CT molecular complexity index is 479. The molecule has 1 atom stereocenters. The van der Waals surface area contributed by atoms with Gasteiger partial charge in [-0.3, -0.25) is 9.69 Å². The van der Waals surface area contributed by atoms with Gasteiger partial charge >= 0.3 is 0 Å². The molecule has 1 unspecified atom stereocenters. The molecule has 0 bridgehead atoms. The van der Waals surface area contributed by atoms with Crippen LogP contribution in [0.3, 0.4) is 0 Å². The molecular weight excluding hydrogens is 281 g/mol. The molecule has 1 saturated heterocycles. The summed E-state index contributed by atoms with van der Waals surface area (Å²) in [5.41, 5.74) is 0.720. The number of ether oxygens (including phenoxy) is 1. The molecule has 1 aromatic rings. The van der Waals surface area contributed by atoms with E-state index in [9.17, 15) is 9.18 Å². The van der Waals surface area contributed by atoms with Crippen LogP contribution in [-0.2, 0) is 16.0 Å². The Morgan fingerprint density at radius 2 is 2.35 bits per heavy atom. The third kappa shape index (κ3) is 4.01. The van der Waals surface area contributed by atoms with Gasteiger partial charge in [0.25, 0.3) is 0 Å². The molecule has 3 nitrogen and oxygen atoms in total. The van der Waals surface area contributed by atoms with Crippen molar-refractivity contribution >= 4 is 17.4 Å². The molecule has 2 rings (SSSR count). The summed E-state index contributed by atoms with van der Waals surface area (Å²) in [7, 11) is 0. The Labute approximate surface area is 123 Å². The van der Waals surface area contributed by atoms with Gasteiger partial charge in [-0.05, 0) is 30.7 Å². The van der Waals surface area contributed by atoms with Crippen molar-refractivity contribution in [2.75, 3.05) is 26.2 Å². The molecule has 1 aliphatic rings. The van der Waals surface area contributed by atoms with Gasteiger partial charge in [0.1, 0.15) is 11.9 Å². The van der Waals surface area contributed by atoms with Crippen molar-refractivity contribution in [3.8, 4) is 0 Å². The first-order valence-electron chi connectivity index (χ1n) is 6.90. The minimum Gasteiger partial charge on any atom is -0.368 e. The van der Waals surface area contributed by atoms with Gasteiger partial charge in [0.15, 0.2) is 5.78 Å². The van der Waals surface area contributed by atoms with Crippen LogP contribution in [0, 0.1) is 5.82 Å². The maximum atomic E-state index is 13.1. The molecule has 110 valence electrons. The van der Waals surface area contributed by atoms with Gasteiger partial charge in [0, 0.05) is 19.5 Å². The quantitative estimate of drug-likeness (QED) is 0.837. The van der Waals surface area contributed by atoms with Crippen LogP contribution in [0.2, 0.25) is 5.02 Å². The summed E-state index contributed by atoms with van der Waals surface area (Å²) in [6.07, 6.45) is 0.901. The number of hydrogen-bond donors (Lipinski definition) is 0. The summed E-state index contributed by atoms with van der Waals surface area (Å²) < 4.78 is 18.6. The van der Waals surface area contributed by atoms with Crippen molar-refractivity contribution < 1.29 is 13.9 Å².